The zero-order valence-electron chi connectivity index (χ0n) is 23.5. The van der Waals surface area contributed by atoms with Crippen LogP contribution < -0.4 is 9.62 Å². The molecule has 1 fully saturated rings. The third kappa shape index (κ3) is 8.04. The largest absolute Gasteiger partial charge is 0.352 e. The first-order valence-corrected chi connectivity index (χ1v) is 16.0. The van der Waals surface area contributed by atoms with Gasteiger partial charge in [0, 0.05) is 34.8 Å². The van der Waals surface area contributed by atoms with Gasteiger partial charge in [0.05, 0.1) is 15.5 Å². The van der Waals surface area contributed by atoms with Crippen molar-refractivity contribution in [3.05, 3.63) is 98.5 Å². The van der Waals surface area contributed by atoms with Gasteiger partial charge in [-0.1, -0.05) is 66.7 Å². The summed E-state index contributed by atoms with van der Waals surface area (Å²) in [4.78, 5) is 39.3. The molecule has 0 bridgehead atoms. The summed E-state index contributed by atoms with van der Waals surface area (Å²) in [6.45, 7) is 0.816. The second-order valence-electron chi connectivity index (χ2n) is 10.4. The van der Waals surface area contributed by atoms with Crippen LogP contribution in [0.15, 0.2) is 77.7 Å². The molecule has 4 rings (SSSR count). The standard InChI is InChI=1S/C30H32Cl2N4O6S/c1-21(30(38)33-24-8-4-2-5-9-24)34(19-22-12-13-23(31)18-28(22)32)29(37)20-35(25-14-16-26(17-15-25)36(39)40)43(41,42)27-10-6-3-7-11-27/h3,6-7,10-18,21,24H,2,4-5,8-9,19-20H2,1H3,(H,33,38)/t21-/m1/s1. The molecule has 0 saturated heterocycles. The molecule has 0 aliphatic heterocycles. The Morgan fingerprint density at radius 1 is 1.00 bits per heavy atom. The molecule has 0 heterocycles. The lowest BCUT2D eigenvalue weighted by Gasteiger charge is -2.33. The number of carbonyl (C=O) groups is 2. The van der Waals surface area contributed by atoms with Gasteiger partial charge < -0.3 is 10.2 Å². The third-order valence-corrected chi connectivity index (χ3v) is 9.81. The van der Waals surface area contributed by atoms with Crippen LogP contribution in [0.25, 0.3) is 0 Å². The molecule has 2 amide bonds. The molecule has 0 radical (unpaired) electrons. The van der Waals surface area contributed by atoms with Crippen LogP contribution in [0.4, 0.5) is 11.4 Å². The quantitative estimate of drug-likeness (QED) is 0.202. The van der Waals surface area contributed by atoms with Gasteiger partial charge in [-0.3, -0.25) is 24.0 Å². The number of nitro groups is 1. The summed E-state index contributed by atoms with van der Waals surface area (Å²) < 4.78 is 28.6. The first-order valence-electron chi connectivity index (χ1n) is 13.8. The lowest BCUT2D eigenvalue weighted by molar-refractivity contribution is -0.384. The summed E-state index contributed by atoms with van der Waals surface area (Å²) in [5.74, 6) is -1.03. The minimum absolute atomic E-state index is 0.00478. The molecule has 13 heteroatoms. The van der Waals surface area contributed by atoms with Gasteiger partial charge in [-0.2, -0.15) is 0 Å². The Hall–Kier alpha value is -3.67. The summed E-state index contributed by atoms with van der Waals surface area (Å²) >= 11 is 12.5. The van der Waals surface area contributed by atoms with E-state index in [1.165, 1.54) is 47.4 Å². The number of sulfonamides is 1. The molecule has 1 N–H and O–H groups in total. The zero-order chi connectivity index (χ0) is 31.1. The van der Waals surface area contributed by atoms with E-state index >= 15 is 0 Å². The lowest BCUT2D eigenvalue weighted by atomic mass is 9.95. The van der Waals surface area contributed by atoms with Crippen LogP contribution >= 0.6 is 23.2 Å². The number of benzene rings is 3. The molecular weight excluding hydrogens is 615 g/mol. The summed E-state index contributed by atoms with van der Waals surface area (Å²) in [6.07, 6.45) is 4.81. The minimum Gasteiger partial charge on any atom is -0.352 e. The number of nitro benzene ring substituents is 1. The maximum Gasteiger partial charge on any atom is 0.269 e. The van der Waals surface area contributed by atoms with Crippen molar-refractivity contribution in [1.29, 1.82) is 0 Å². The number of carbonyl (C=O) groups excluding carboxylic acids is 2. The summed E-state index contributed by atoms with van der Waals surface area (Å²) in [5, 5.41) is 14.9. The molecule has 1 atom stereocenters. The number of hydrogen-bond donors (Lipinski definition) is 1. The van der Waals surface area contributed by atoms with Crippen LogP contribution in [0.1, 0.15) is 44.6 Å². The molecule has 0 aromatic heterocycles. The Morgan fingerprint density at radius 2 is 1.65 bits per heavy atom. The molecule has 3 aromatic rings. The van der Waals surface area contributed by atoms with Crippen molar-refractivity contribution in [2.45, 2.75) is 62.6 Å². The molecule has 10 nitrogen and oxygen atoms in total. The number of rotatable bonds is 11. The van der Waals surface area contributed by atoms with Crippen LogP contribution in [0.2, 0.25) is 10.0 Å². The van der Waals surface area contributed by atoms with Crippen molar-refractivity contribution >= 4 is 56.4 Å². The molecule has 3 aromatic carbocycles. The zero-order valence-corrected chi connectivity index (χ0v) is 25.8. The van der Waals surface area contributed by atoms with E-state index in [0.717, 1.165) is 36.4 Å². The Labute approximate surface area is 260 Å². The van der Waals surface area contributed by atoms with Crippen LogP contribution in [0.5, 0.6) is 0 Å². The number of non-ortho nitro benzene ring substituents is 1. The number of halogens is 2. The van der Waals surface area contributed by atoms with Crippen molar-refractivity contribution in [2.75, 3.05) is 10.8 Å². The molecule has 1 aliphatic rings. The van der Waals surface area contributed by atoms with E-state index in [1.807, 2.05) is 0 Å². The van der Waals surface area contributed by atoms with Crippen LogP contribution in [0.3, 0.4) is 0 Å². The smallest absolute Gasteiger partial charge is 0.269 e. The third-order valence-electron chi connectivity index (χ3n) is 7.43. The maximum atomic E-state index is 14.1. The highest BCUT2D eigenvalue weighted by atomic mass is 35.5. The van der Waals surface area contributed by atoms with Gasteiger partial charge in [0.2, 0.25) is 11.8 Å². The van der Waals surface area contributed by atoms with Gasteiger partial charge in [-0.25, -0.2) is 8.42 Å². The second-order valence-corrected chi connectivity index (χ2v) is 13.1. The molecule has 0 unspecified atom stereocenters. The predicted octanol–water partition coefficient (Wildman–Crippen LogP) is 5.96. The van der Waals surface area contributed by atoms with E-state index in [4.69, 9.17) is 23.2 Å². The Kier molecular flexibility index (Phi) is 10.6. The summed E-state index contributed by atoms with van der Waals surface area (Å²) in [7, 11) is -4.30. The van der Waals surface area contributed by atoms with E-state index in [2.05, 4.69) is 5.32 Å². The molecule has 1 saturated carbocycles. The van der Waals surface area contributed by atoms with Crippen molar-refractivity contribution in [3.63, 3.8) is 0 Å². The van der Waals surface area contributed by atoms with Gasteiger partial charge in [0.25, 0.3) is 15.7 Å². The van der Waals surface area contributed by atoms with E-state index in [1.54, 1.807) is 37.3 Å². The van der Waals surface area contributed by atoms with Crippen molar-refractivity contribution in [2.24, 2.45) is 0 Å². The Balaban J connectivity index is 1.70. The number of nitrogens with one attached hydrogen (secondary N) is 1. The fraction of sp³-hybridized carbons (Fsp3) is 0.333. The Bertz CT molecular complexity index is 1570. The first-order chi connectivity index (χ1) is 20.5. The molecule has 43 heavy (non-hydrogen) atoms. The lowest BCUT2D eigenvalue weighted by Crippen LogP contribution is -2.53. The highest BCUT2D eigenvalue weighted by molar-refractivity contribution is 7.92. The van der Waals surface area contributed by atoms with Crippen LogP contribution in [-0.2, 0) is 26.2 Å². The SMILES string of the molecule is C[C@H](C(=O)NC1CCCCC1)N(Cc1ccc(Cl)cc1Cl)C(=O)CN(c1ccc([N+](=O)[O-])cc1)S(=O)(=O)c1ccccc1. The molecule has 1 aliphatic carbocycles. The van der Waals surface area contributed by atoms with Crippen molar-refractivity contribution in [1.82, 2.24) is 10.2 Å². The van der Waals surface area contributed by atoms with E-state index in [0.29, 0.717) is 10.6 Å². The highest BCUT2D eigenvalue weighted by Gasteiger charge is 2.33. The van der Waals surface area contributed by atoms with Crippen molar-refractivity contribution < 1.29 is 22.9 Å². The van der Waals surface area contributed by atoms with Crippen LogP contribution in [0, 0.1) is 10.1 Å². The Morgan fingerprint density at radius 3 is 2.26 bits per heavy atom. The van der Waals surface area contributed by atoms with E-state index < -0.39 is 33.4 Å². The molecule has 0 spiro atoms. The highest BCUT2D eigenvalue weighted by Crippen LogP contribution is 2.28. The average molecular weight is 648 g/mol. The van der Waals surface area contributed by atoms with Gasteiger partial charge in [-0.05, 0) is 61.7 Å². The second kappa shape index (κ2) is 14.2. The average Bonchev–Trinajstić information content (AvgIpc) is 3.00. The van der Waals surface area contributed by atoms with Crippen molar-refractivity contribution in [3.8, 4) is 0 Å². The number of amides is 2. The van der Waals surface area contributed by atoms with Gasteiger partial charge in [0.1, 0.15) is 12.6 Å². The number of anilines is 1. The molecular formula is C30H32Cl2N4O6S. The van der Waals surface area contributed by atoms with E-state index in [-0.39, 0.29) is 39.8 Å². The monoisotopic (exact) mass is 646 g/mol. The van der Waals surface area contributed by atoms with Gasteiger partial charge in [-0.15, -0.1) is 0 Å². The maximum absolute atomic E-state index is 14.1. The topological polar surface area (TPSA) is 130 Å². The first kappa shape index (κ1) is 32.2. The van der Waals surface area contributed by atoms with E-state index in [9.17, 15) is 28.1 Å². The summed E-state index contributed by atoms with van der Waals surface area (Å²) in [6, 6.07) is 16.2. The minimum atomic E-state index is -4.30. The fourth-order valence-electron chi connectivity index (χ4n) is 4.97. The molecule has 228 valence electrons. The number of hydrogen-bond acceptors (Lipinski definition) is 6. The normalized spacial score (nSPS) is 14.5. The summed E-state index contributed by atoms with van der Waals surface area (Å²) in [5.41, 5.74) is 0.329. The predicted molar refractivity (Wildman–Crippen MR) is 166 cm³/mol. The fourth-order valence-corrected chi connectivity index (χ4v) is 6.88. The number of nitrogens with zero attached hydrogens (tertiary/aromatic N) is 3. The van der Waals surface area contributed by atoms with Crippen LogP contribution in [-0.4, -0.2) is 48.7 Å². The van der Waals surface area contributed by atoms with Gasteiger partial charge in [0.15, 0.2) is 0 Å². The van der Waals surface area contributed by atoms with Gasteiger partial charge >= 0.3 is 0 Å².